The van der Waals surface area contributed by atoms with E-state index >= 15 is 0 Å². The van der Waals surface area contributed by atoms with Crippen LogP contribution in [0.3, 0.4) is 0 Å². The van der Waals surface area contributed by atoms with E-state index < -0.39 is 0 Å². The molecular weight excluding hydrogens is 340 g/mol. The minimum absolute atomic E-state index is 0.257. The monoisotopic (exact) mass is 362 g/mol. The molecule has 2 aromatic carbocycles. The van der Waals surface area contributed by atoms with Crippen LogP contribution in [0.4, 0.5) is 5.69 Å². The van der Waals surface area contributed by atoms with E-state index in [9.17, 15) is 4.79 Å². The molecule has 0 heterocycles. The highest BCUT2D eigenvalue weighted by Crippen LogP contribution is 2.29. The van der Waals surface area contributed by atoms with Crippen LogP contribution >= 0.6 is 11.6 Å². The number of carbonyl (C=O) groups excluding carboxylic acids is 1. The molecule has 134 valence electrons. The Morgan fingerprint density at radius 1 is 1.16 bits per heavy atom. The average molecular weight is 363 g/mol. The van der Waals surface area contributed by atoms with Crippen LogP contribution in [0.15, 0.2) is 36.4 Å². The van der Waals surface area contributed by atoms with E-state index in [1.165, 1.54) is 13.2 Å². The van der Waals surface area contributed by atoms with Gasteiger partial charge >= 0.3 is 0 Å². The topological polar surface area (TPSA) is 73.6 Å². The van der Waals surface area contributed by atoms with Crippen LogP contribution in [0.1, 0.15) is 29.8 Å². The van der Waals surface area contributed by atoms with Gasteiger partial charge in [-0.2, -0.15) is 0 Å². The zero-order valence-corrected chi connectivity index (χ0v) is 15.6. The third kappa shape index (κ3) is 4.37. The van der Waals surface area contributed by atoms with Crippen molar-refractivity contribution in [2.75, 3.05) is 26.5 Å². The fourth-order valence-corrected chi connectivity index (χ4v) is 2.62. The molecule has 0 aliphatic carbocycles. The highest BCUT2D eigenvalue weighted by atomic mass is 35.5. The van der Waals surface area contributed by atoms with Gasteiger partial charge in [-0.3, -0.25) is 4.79 Å². The van der Waals surface area contributed by atoms with Gasteiger partial charge in [0.15, 0.2) is 0 Å². The fourth-order valence-electron chi connectivity index (χ4n) is 2.46. The van der Waals surface area contributed by atoms with Gasteiger partial charge in [0, 0.05) is 18.0 Å². The molecule has 0 saturated carbocycles. The Hall–Kier alpha value is -2.40. The molecule has 0 atom stereocenters. The van der Waals surface area contributed by atoms with Gasteiger partial charge in [-0.25, -0.2) is 0 Å². The number of methoxy groups -OCH3 is 2. The highest BCUT2D eigenvalue weighted by Gasteiger charge is 2.23. The number of amides is 1. The third-order valence-electron chi connectivity index (χ3n) is 4.13. The van der Waals surface area contributed by atoms with Gasteiger partial charge in [-0.15, -0.1) is 0 Å². The van der Waals surface area contributed by atoms with Crippen molar-refractivity contribution in [2.24, 2.45) is 0 Å². The molecule has 0 spiro atoms. The molecule has 2 aromatic rings. The Morgan fingerprint density at radius 3 is 2.36 bits per heavy atom. The lowest BCUT2D eigenvalue weighted by atomic mass is 9.84. The van der Waals surface area contributed by atoms with Crippen molar-refractivity contribution in [3.8, 4) is 11.5 Å². The zero-order valence-electron chi connectivity index (χ0n) is 14.9. The summed E-state index contributed by atoms with van der Waals surface area (Å²) in [6.45, 7) is 4.56. The normalized spacial score (nSPS) is 11.1. The first-order valence-electron chi connectivity index (χ1n) is 7.84. The summed E-state index contributed by atoms with van der Waals surface area (Å²) in [5.74, 6) is 0.923. The SMILES string of the molecule is COc1ccc(C(C)(C)CNC(=O)c2cc(Cl)c(N)cc2OC)cc1. The molecule has 0 fully saturated rings. The van der Waals surface area contributed by atoms with Crippen molar-refractivity contribution < 1.29 is 14.3 Å². The first-order valence-corrected chi connectivity index (χ1v) is 8.22. The molecule has 0 radical (unpaired) electrons. The second-order valence-electron chi connectivity index (χ2n) is 6.37. The molecule has 6 heteroatoms. The summed E-state index contributed by atoms with van der Waals surface area (Å²) in [6.07, 6.45) is 0. The number of rotatable bonds is 6. The van der Waals surface area contributed by atoms with Gasteiger partial charge in [0.05, 0.1) is 30.5 Å². The summed E-state index contributed by atoms with van der Waals surface area (Å²) in [6, 6.07) is 10.9. The minimum Gasteiger partial charge on any atom is -0.497 e. The van der Waals surface area contributed by atoms with Crippen LogP contribution in [0, 0.1) is 0 Å². The van der Waals surface area contributed by atoms with Gasteiger partial charge in [-0.1, -0.05) is 37.6 Å². The number of ether oxygens (including phenoxy) is 2. The van der Waals surface area contributed by atoms with E-state index in [1.54, 1.807) is 13.2 Å². The van der Waals surface area contributed by atoms with Crippen LogP contribution in [0.5, 0.6) is 11.5 Å². The van der Waals surface area contributed by atoms with Crippen molar-refractivity contribution >= 4 is 23.2 Å². The maximum atomic E-state index is 12.6. The molecule has 0 aromatic heterocycles. The predicted octanol–water partition coefficient (Wildman–Crippen LogP) is 3.65. The molecule has 0 saturated heterocycles. The molecule has 1 amide bonds. The van der Waals surface area contributed by atoms with Crippen LogP contribution in [-0.4, -0.2) is 26.7 Å². The Labute approximate surface area is 153 Å². The van der Waals surface area contributed by atoms with Crippen molar-refractivity contribution in [1.82, 2.24) is 5.32 Å². The molecule has 0 aliphatic rings. The molecule has 0 bridgehead atoms. The summed E-state index contributed by atoms with van der Waals surface area (Å²) in [7, 11) is 3.12. The average Bonchev–Trinajstić information content (AvgIpc) is 2.61. The lowest BCUT2D eigenvalue weighted by molar-refractivity contribution is 0.0942. The molecule has 0 unspecified atom stereocenters. The number of nitrogen functional groups attached to an aromatic ring is 1. The van der Waals surface area contributed by atoms with E-state index in [-0.39, 0.29) is 11.3 Å². The van der Waals surface area contributed by atoms with Gasteiger partial charge in [-0.05, 0) is 23.8 Å². The molecule has 25 heavy (non-hydrogen) atoms. The van der Waals surface area contributed by atoms with Crippen molar-refractivity contribution in [1.29, 1.82) is 0 Å². The van der Waals surface area contributed by atoms with Gasteiger partial charge in [0.1, 0.15) is 11.5 Å². The summed E-state index contributed by atoms with van der Waals surface area (Å²) in [5.41, 5.74) is 7.31. The number of nitrogens with one attached hydrogen (secondary N) is 1. The lowest BCUT2D eigenvalue weighted by Gasteiger charge is -2.26. The molecule has 3 N–H and O–H groups in total. The van der Waals surface area contributed by atoms with Gasteiger partial charge in [0.25, 0.3) is 5.91 Å². The Morgan fingerprint density at radius 2 is 1.80 bits per heavy atom. The molecule has 0 aliphatic heterocycles. The molecule has 2 rings (SSSR count). The van der Waals surface area contributed by atoms with Gasteiger partial charge in [0.2, 0.25) is 0 Å². The van der Waals surface area contributed by atoms with Crippen molar-refractivity contribution in [3.05, 3.63) is 52.5 Å². The van der Waals surface area contributed by atoms with Crippen molar-refractivity contribution in [2.45, 2.75) is 19.3 Å². The van der Waals surface area contributed by atoms with Crippen LogP contribution in [-0.2, 0) is 5.41 Å². The Balaban J connectivity index is 2.14. The van der Waals surface area contributed by atoms with E-state index in [0.717, 1.165) is 11.3 Å². The van der Waals surface area contributed by atoms with Crippen LogP contribution in [0.25, 0.3) is 0 Å². The van der Waals surface area contributed by atoms with E-state index in [2.05, 4.69) is 19.2 Å². The smallest absolute Gasteiger partial charge is 0.255 e. The summed E-state index contributed by atoms with van der Waals surface area (Å²) in [5, 5.41) is 3.26. The third-order valence-corrected chi connectivity index (χ3v) is 4.45. The number of nitrogens with two attached hydrogens (primary N) is 1. The lowest BCUT2D eigenvalue weighted by Crippen LogP contribution is -2.36. The highest BCUT2D eigenvalue weighted by molar-refractivity contribution is 6.33. The standard InChI is InChI=1S/C19H23ClN2O3/c1-19(2,12-5-7-13(24-3)8-6-12)11-22-18(23)14-9-15(20)16(21)10-17(14)25-4/h5-10H,11,21H2,1-4H3,(H,22,23). The van der Waals surface area contributed by atoms with Crippen LogP contribution < -0.4 is 20.5 Å². The first kappa shape index (κ1) is 18.9. The molecule has 5 nitrogen and oxygen atoms in total. The maximum absolute atomic E-state index is 12.6. The van der Waals surface area contributed by atoms with Crippen LogP contribution in [0.2, 0.25) is 5.02 Å². The number of hydrogen-bond donors (Lipinski definition) is 2. The number of benzene rings is 2. The largest absolute Gasteiger partial charge is 0.497 e. The first-order chi connectivity index (χ1) is 11.8. The minimum atomic E-state index is -0.264. The summed E-state index contributed by atoms with van der Waals surface area (Å²) in [4.78, 5) is 12.6. The second kappa shape index (κ2) is 7.66. The predicted molar refractivity (Wildman–Crippen MR) is 101 cm³/mol. The Kier molecular flexibility index (Phi) is 5.80. The number of halogens is 1. The zero-order chi connectivity index (χ0) is 18.6. The Bertz CT molecular complexity index is 758. The van der Waals surface area contributed by atoms with E-state index in [0.29, 0.717) is 28.6 Å². The molecular formula is C19H23ClN2O3. The van der Waals surface area contributed by atoms with E-state index in [1.807, 2.05) is 24.3 Å². The number of carbonyl (C=O) groups is 1. The quantitative estimate of drug-likeness (QED) is 0.769. The second-order valence-corrected chi connectivity index (χ2v) is 6.78. The van der Waals surface area contributed by atoms with Gasteiger partial charge < -0.3 is 20.5 Å². The maximum Gasteiger partial charge on any atom is 0.255 e. The summed E-state index contributed by atoms with van der Waals surface area (Å²) >= 11 is 6.03. The fraction of sp³-hybridized carbons (Fsp3) is 0.316. The summed E-state index contributed by atoms with van der Waals surface area (Å²) < 4.78 is 10.4. The number of hydrogen-bond acceptors (Lipinski definition) is 4. The number of anilines is 1. The van der Waals surface area contributed by atoms with E-state index in [4.69, 9.17) is 26.8 Å². The van der Waals surface area contributed by atoms with Crippen molar-refractivity contribution in [3.63, 3.8) is 0 Å².